The molecule has 0 aliphatic rings. The van der Waals surface area contributed by atoms with Gasteiger partial charge in [0.15, 0.2) is 0 Å². The van der Waals surface area contributed by atoms with Crippen molar-refractivity contribution in [1.82, 2.24) is 9.88 Å². The van der Waals surface area contributed by atoms with Gasteiger partial charge in [0.1, 0.15) is 0 Å². The third-order valence-corrected chi connectivity index (χ3v) is 3.88. The highest BCUT2D eigenvalue weighted by Gasteiger charge is 2.03. The minimum absolute atomic E-state index is 0.737. The lowest BCUT2D eigenvalue weighted by atomic mass is 10.4. The summed E-state index contributed by atoms with van der Waals surface area (Å²) >= 11 is 7.57. The standard InChI is InChI=1S/C13H17ClN2OS/c1-17-8-6-15-9-11-3-2-7-16(11)10-12-4-5-13(14)18-12/h2-5,7,15H,6,8-10H2,1H3. The number of thiophene rings is 1. The lowest BCUT2D eigenvalue weighted by Crippen LogP contribution is -2.20. The SMILES string of the molecule is COCCNCc1cccn1Cc1ccc(Cl)s1. The van der Waals surface area contributed by atoms with E-state index in [1.54, 1.807) is 18.4 Å². The number of halogens is 1. The highest BCUT2D eigenvalue weighted by Crippen LogP contribution is 2.22. The van der Waals surface area contributed by atoms with E-state index in [0.717, 1.165) is 30.6 Å². The van der Waals surface area contributed by atoms with Crippen molar-refractivity contribution in [2.75, 3.05) is 20.3 Å². The van der Waals surface area contributed by atoms with Gasteiger partial charge in [-0.25, -0.2) is 0 Å². The average Bonchev–Trinajstić information content (AvgIpc) is 2.95. The molecule has 0 radical (unpaired) electrons. The van der Waals surface area contributed by atoms with Crippen LogP contribution in [0.1, 0.15) is 10.6 Å². The molecule has 0 saturated carbocycles. The van der Waals surface area contributed by atoms with Gasteiger partial charge in [0, 0.05) is 37.0 Å². The van der Waals surface area contributed by atoms with Crippen LogP contribution in [0.25, 0.3) is 0 Å². The minimum Gasteiger partial charge on any atom is -0.383 e. The minimum atomic E-state index is 0.737. The Morgan fingerprint density at radius 2 is 2.28 bits per heavy atom. The van der Waals surface area contributed by atoms with Gasteiger partial charge >= 0.3 is 0 Å². The number of nitrogens with zero attached hydrogens (tertiary/aromatic N) is 1. The molecule has 2 aromatic heterocycles. The Balaban J connectivity index is 1.91. The van der Waals surface area contributed by atoms with Crippen molar-refractivity contribution in [3.63, 3.8) is 0 Å². The summed E-state index contributed by atoms with van der Waals surface area (Å²) in [4.78, 5) is 1.27. The van der Waals surface area contributed by atoms with E-state index in [-0.39, 0.29) is 0 Å². The molecule has 1 N–H and O–H groups in total. The maximum absolute atomic E-state index is 5.94. The second-order valence-corrected chi connectivity index (χ2v) is 5.80. The van der Waals surface area contributed by atoms with Crippen LogP contribution in [0, 0.1) is 0 Å². The van der Waals surface area contributed by atoms with E-state index in [4.69, 9.17) is 16.3 Å². The fourth-order valence-corrected chi connectivity index (χ4v) is 2.85. The predicted molar refractivity (Wildman–Crippen MR) is 76.4 cm³/mol. The molecule has 0 aliphatic heterocycles. The lowest BCUT2D eigenvalue weighted by Gasteiger charge is -2.09. The Morgan fingerprint density at radius 3 is 3.00 bits per heavy atom. The molecular weight excluding hydrogens is 268 g/mol. The smallest absolute Gasteiger partial charge is 0.0931 e. The average molecular weight is 285 g/mol. The van der Waals surface area contributed by atoms with E-state index in [0.29, 0.717) is 0 Å². The molecule has 0 aromatic carbocycles. The number of aromatic nitrogens is 1. The van der Waals surface area contributed by atoms with Crippen LogP contribution in [-0.2, 0) is 17.8 Å². The Hall–Kier alpha value is -0.810. The second kappa shape index (κ2) is 6.95. The molecule has 18 heavy (non-hydrogen) atoms. The first kappa shape index (κ1) is 13.6. The van der Waals surface area contributed by atoms with Crippen molar-refractivity contribution in [3.05, 3.63) is 45.4 Å². The van der Waals surface area contributed by atoms with Crippen LogP contribution in [0.3, 0.4) is 0 Å². The molecular formula is C13H17ClN2OS. The van der Waals surface area contributed by atoms with Gasteiger partial charge in [-0.05, 0) is 24.3 Å². The Labute approximate surface area is 116 Å². The van der Waals surface area contributed by atoms with Gasteiger partial charge in [-0.3, -0.25) is 0 Å². The van der Waals surface area contributed by atoms with Gasteiger partial charge < -0.3 is 14.6 Å². The van der Waals surface area contributed by atoms with Gasteiger partial charge in [0.05, 0.1) is 17.5 Å². The van der Waals surface area contributed by atoms with Crippen LogP contribution >= 0.6 is 22.9 Å². The van der Waals surface area contributed by atoms with E-state index in [2.05, 4.69) is 34.3 Å². The van der Waals surface area contributed by atoms with Crippen LogP contribution in [0.15, 0.2) is 30.5 Å². The predicted octanol–water partition coefficient (Wildman–Crippen LogP) is 2.99. The first-order chi connectivity index (χ1) is 8.79. The monoisotopic (exact) mass is 284 g/mol. The van der Waals surface area contributed by atoms with Gasteiger partial charge in [-0.15, -0.1) is 11.3 Å². The van der Waals surface area contributed by atoms with Crippen molar-refractivity contribution in [2.24, 2.45) is 0 Å². The first-order valence-electron chi connectivity index (χ1n) is 5.87. The van der Waals surface area contributed by atoms with Crippen LogP contribution in [0.4, 0.5) is 0 Å². The van der Waals surface area contributed by atoms with E-state index in [1.165, 1.54) is 10.6 Å². The molecule has 0 fully saturated rings. The summed E-state index contributed by atoms with van der Waals surface area (Å²) < 4.78 is 8.09. The van der Waals surface area contributed by atoms with Crippen LogP contribution in [-0.4, -0.2) is 24.8 Å². The van der Waals surface area contributed by atoms with Gasteiger partial charge in [0.25, 0.3) is 0 Å². The topological polar surface area (TPSA) is 26.2 Å². The Bertz CT molecular complexity index is 481. The fourth-order valence-electron chi connectivity index (χ4n) is 1.76. The maximum atomic E-state index is 5.94. The van der Waals surface area contributed by atoms with Crippen molar-refractivity contribution >= 4 is 22.9 Å². The molecule has 2 heterocycles. The van der Waals surface area contributed by atoms with E-state index >= 15 is 0 Å². The van der Waals surface area contributed by atoms with E-state index in [1.807, 2.05) is 6.07 Å². The van der Waals surface area contributed by atoms with Crippen LogP contribution in [0.2, 0.25) is 4.34 Å². The molecule has 0 atom stereocenters. The summed E-state index contributed by atoms with van der Waals surface area (Å²) in [6, 6.07) is 8.23. The van der Waals surface area contributed by atoms with Crippen molar-refractivity contribution in [2.45, 2.75) is 13.1 Å². The maximum Gasteiger partial charge on any atom is 0.0931 e. The molecule has 0 saturated heterocycles. The van der Waals surface area contributed by atoms with Crippen molar-refractivity contribution in [3.8, 4) is 0 Å². The quantitative estimate of drug-likeness (QED) is 0.791. The Kier molecular flexibility index (Phi) is 5.26. The zero-order chi connectivity index (χ0) is 12.8. The third-order valence-electron chi connectivity index (χ3n) is 2.67. The molecule has 2 aromatic rings. The molecule has 2 rings (SSSR count). The summed E-state index contributed by atoms with van der Waals surface area (Å²) in [5, 5.41) is 3.35. The van der Waals surface area contributed by atoms with Gasteiger partial charge in [0.2, 0.25) is 0 Å². The van der Waals surface area contributed by atoms with Crippen molar-refractivity contribution in [1.29, 1.82) is 0 Å². The summed E-state index contributed by atoms with van der Waals surface area (Å²) in [6.07, 6.45) is 2.10. The number of methoxy groups -OCH3 is 1. The summed E-state index contributed by atoms with van der Waals surface area (Å²) in [6.45, 7) is 3.34. The number of hydrogen-bond acceptors (Lipinski definition) is 3. The number of ether oxygens (including phenoxy) is 1. The largest absolute Gasteiger partial charge is 0.383 e. The Morgan fingerprint density at radius 1 is 1.39 bits per heavy atom. The van der Waals surface area contributed by atoms with Gasteiger partial charge in [-0.1, -0.05) is 11.6 Å². The number of nitrogens with one attached hydrogen (secondary N) is 1. The summed E-state index contributed by atoms with van der Waals surface area (Å²) in [5.41, 5.74) is 1.27. The van der Waals surface area contributed by atoms with E-state index < -0.39 is 0 Å². The first-order valence-corrected chi connectivity index (χ1v) is 7.07. The van der Waals surface area contributed by atoms with Crippen molar-refractivity contribution < 1.29 is 4.74 Å². The molecule has 0 bridgehead atoms. The van der Waals surface area contributed by atoms with E-state index in [9.17, 15) is 0 Å². The molecule has 3 nitrogen and oxygen atoms in total. The zero-order valence-electron chi connectivity index (χ0n) is 10.4. The molecule has 0 amide bonds. The third kappa shape index (κ3) is 3.85. The molecule has 5 heteroatoms. The molecule has 98 valence electrons. The number of hydrogen-bond donors (Lipinski definition) is 1. The molecule has 0 aliphatic carbocycles. The highest BCUT2D eigenvalue weighted by molar-refractivity contribution is 7.16. The zero-order valence-corrected chi connectivity index (χ0v) is 11.9. The molecule has 0 spiro atoms. The lowest BCUT2D eigenvalue weighted by molar-refractivity contribution is 0.199. The summed E-state index contributed by atoms with van der Waals surface area (Å²) in [7, 11) is 1.71. The number of rotatable bonds is 7. The second-order valence-electron chi connectivity index (χ2n) is 4.00. The fraction of sp³-hybridized carbons (Fsp3) is 0.385. The highest BCUT2D eigenvalue weighted by atomic mass is 35.5. The van der Waals surface area contributed by atoms with Crippen LogP contribution < -0.4 is 5.32 Å². The van der Waals surface area contributed by atoms with Gasteiger partial charge in [-0.2, -0.15) is 0 Å². The normalized spacial score (nSPS) is 11.0. The summed E-state index contributed by atoms with van der Waals surface area (Å²) in [5.74, 6) is 0. The molecule has 0 unspecified atom stereocenters. The van der Waals surface area contributed by atoms with Crippen LogP contribution in [0.5, 0.6) is 0 Å².